The summed E-state index contributed by atoms with van der Waals surface area (Å²) in [6, 6.07) is 14.0. The molecule has 5 nitrogen and oxygen atoms in total. The smallest absolute Gasteiger partial charge is 0.128 e. The number of benzene rings is 1. The van der Waals surface area contributed by atoms with Gasteiger partial charge in [0, 0.05) is 44.0 Å². The first kappa shape index (κ1) is 19.0. The molecule has 1 unspecified atom stereocenters. The molecule has 0 spiro atoms. The van der Waals surface area contributed by atoms with E-state index in [0.717, 1.165) is 38.0 Å². The summed E-state index contributed by atoms with van der Waals surface area (Å²) in [4.78, 5) is 12.2. The van der Waals surface area contributed by atoms with Gasteiger partial charge in [-0.1, -0.05) is 30.7 Å². The van der Waals surface area contributed by atoms with Gasteiger partial charge in [0.15, 0.2) is 0 Å². The lowest BCUT2D eigenvalue weighted by Crippen LogP contribution is -2.47. The zero-order valence-electron chi connectivity index (χ0n) is 17.3. The molecule has 3 aliphatic rings. The van der Waals surface area contributed by atoms with Crippen molar-refractivity contribution in [3.8, 4) is 11.1 Å². The molecule has 5 rings (SSSR count). The minimum atomic E-state index is 0.0131. The second-order valence-electron chi connectivity index (χ2n) is 8.82. The lowest BCUT2D eigenvalue weighted by Gasteiger charge is -2.35. The number of likely N-dealkylation sites (tertiary alicyclic amines) is 1. The van der Waals surface area contributed by atoms with Crippen LogP contribution in [0.2, 0.25) is 0 Å². The van der Waals surface area contributed by atoms with Crippen LogP contribution in [-0.4, -0.2) is 60.1 Å². The number of piperidine rings is 1. The zero-order chi connectivity index (χ0) is 19.6. The van der Waals surface area contributed by atoms with E-state index < -0.39 is 0 Å². The van der Waals surface area contributed by atoms with Crippen molar-refractivity contribution < 1.29 is 0 Å². The average Bonchev–Trinajstić information content (AvgIpc) is 3.65. The quantitative estimate of drug-likeness (QED) is 0.846. The molecule has 2 N–H and O–H groups in total. The molecule has 0 bridgehead atoms. The van der Waals surface area contributed by atoms with Crippen molar-refractivity contribution in [1.29, 1.82) is 0 Å². The third kappa shape index (κ3) is 4.32. The first-order valence-corrected chi connectivity index (χ1v) is 11.3. The number of anilines is 1. The number of pyridine rings is 1. The molecule has 154 valence electrons. The van der Waals surface area contributed by atoms with E-state index in [4.69, 9.17) is 10.7 Å². The molecule has 29 heavy (non-hydrogen) atoms. The van der Waals surface area contributed by atoms with Crippen LogP contribution in [0.15, 0.2) is 42.6 Å². The van der Waals surface area contributed by atoms with Gasteiger partial charge in [-0.15, -0.1) is 0 Å². The van der Waals surface area contributed by atoms with Crippen molar-refractivity contribution in [2.24, 2.45) is 5.73 Å². The maximum atomic E-state index is 6.50. The van der Waals surface area contributed by atoms with Crippen LogP contribution >= 0.6 is 0 Å². The first-order valence-electron chi connectivity index (χ1n) is 11.3. The van der Waals surface area contributed by atoms with Gasteiger partial charge in [-0.3, -0.25) is 9.80 Å². The Balaban J connectivity index is 1.22. The summed E-state index contributed by atoms with van der Waals surface area (Å²) in [6.45, 7) is 6.75. The summed E-state index contributed by atoms with van der Waals surface area (Å²) in [5.74, 6) is 1.10. The van der Waals surface area contributed by atoms with Gasteiger partial charge < -0.3 is 10.6 Å². The van der Waals surface area contributed by atoms with Gasteiger partial charge in [0.1, 0.15) is 5.82 Å². The predicted octanol–water partition coefficient (Wildman–Crippen LogP) is 3.48. The van der Waals surface area contributed by atoms with E-state index in [1.54, 1.807) is 0 Å². The molecule has 3 heterocycles. The number of nitrogens with zero attached hydrogens (tertiary/aromatic N) is 4. The van der Waals surface area contributed by atoms with Gasteiger partial charge in [-0.25, -0.2) is 4.98 Å². The van der Waals surface area contributed by atoms with Crippen molar-refractivity contribution >= 4 is 5.82 Å². The molecule has 1 aromatic carbocycles. The van der Waals surface area contributed by atoms with E-state index in [0.29, 0.717) is 0 Å². The van der Waals surface area contributed by atoms with Crippen LogP contribution in [-0.2, 0) is 0 Å². The van der Waals surface area contributed by atoms with Crippen molar-refractivity contribution in [3.63, 3.8) is 0 Å². The molecule has 0 amide bonds. The second-order valence-corrected chi connectivity index (χ2v) is 8.82. The number of hydrogen-bond donors (Lipinski definition) is 1. The van der Waals surface area contributed by atoms with Crippen LogP contribution in [0.3, 0.4) is 0 Å². The minimum absolute atomic E-state index is 0.0131. The van der Waals surface area contributed by atoms with Crippen molar-refractivity contribution in [1.82, 2.24) is 14.8 Å². The van der Waals surface area contributed by atoms with Crippen molar-refractivity contribution in [2.45, 2.75) is 44.3 Å². The van der Waals surface area contributed by atoms with Crippen LogP contribution in [0.5, 0.6) is 0 Å². The molecule has 0 radical (unpaired) electrons. The molecule has 5 heteroatoms. The van der Waals surface area contributed by atoms with Gasteiger partial charge >= 0.3 is 0 Å². The fourth-order valence-corrected chi connectivity index (χ4v) is 4.78. The van der Waals surface area contributed by atoms with E-state index in [-0.39, 0.29) is 6.17 Å². The third-order valence-corrected chi connectivity index (χ3v) is 6.82. The molecule has 2 saturated heterocycles. The Hall–Kier alpha value is -1.95. The number of nitrogens with two attached hydrogens (primary N) is 1. The zero-order valence-corrected chi connectivity index (χ0v) is 17.3. The monoisotopic (exact) mass is 391 g/mol. The largest absolute Gasteiger partial charge is 0.354 e. The van der Waals surface area contributed by atoms with Crippen molar-refractivity contribution in [3.05, 3.63) is 48.2 Å². The molecular weight excluding hydrogens is 358 g/mol. The number of hydrogen-bond acceptors (Lipinski definition) is 5. The topological polar surface area (TPSA) is 48.6 Å². The number of piperazine rings is 1. The highest BCUT2D eigenvalue weighted by Crippen LogP contribution is 2.29. The van der Waals surface area contributed by atoms with Crippen LogP contribution in [0.1, 0.15) is 43.8 Å². The van der Waals surface area contributed by atoms with E-state index in [1.165, 1.54) is 61.9 Å². The van der Waals surface area contributed by atoms with Crippen molar-refractivity contribution in [2.75, 3.05) is 44.2 Å². The Labute approximate surface area is 174 Å². The Kier molecular flexibility index (Phi) is 5.53. The summed E-state index contributed by atoms with van der Waals surface area (Å²) < 4.78 is 0. The molecule has 1 aromatic heterocycles. The fourth-order valence-electron chi connectivity index (χ4n) is 4.78. The van der Waals surface area contributed by atoms with Gasteiger partial charge in [0.05, 0.1) is 6.17 Å². The van der Waals surface area contributed by atoms with Gasteiger partial charge in [-0.05, 0) is 62.0 Å². The fraction of sp³-hybridized carbons (Fsp3) is 0.542. The van der Waals surface area contributed by atoms with E-state index in [9.17, 15) is 0 Å². The highest BCUT2D eigenvalue weighted by Gasteiger charge is 2.31. The second kappa shape index (κ2) is 8.42. The first-order chi connectivity index (χ1) is 14.3. The Bertz CT molecular complexity index is 785. The predicted molar refractivity (Wildman–Crippen MR) is 119 cm³/mol. The molecule has 1 atom stereocenters. The van der Waals surface area contributed by atoms with Gasteiger partial charge in [0.25, 0.3) is 0 Å². The summed E-state index contributed by atoms with van der Waals surface area (Å²) in [7, 11) is 0. The molecule has 1 saturated carbocycles. The lowest BCUT2D eigenvalue weighted by atomic mass is 10.0. The molecule has 2 aromatic rings. The van der Waals surface area contributed by atoms with Gasteiger partial charge in [-0.2, -0.15) is 0 Å². The minimum Gasteiger partial charge on any atom is -0.354 e. The van der Waals surface area contributed by atoms with Crippen LogP contribution in [0, 0.1) is 0 Å². The summed E-state index contributed by atoms with van der Waals surface area (Å²) in [6.07, 6.45) is 8.69. The molecule has 2 aliphatic heterocycles. The molecular formula is C24H33N5. The summed E-state index contributed by atoms with van der Waals surface area (Å²) >= 11 is 0. The van der Waals surface area contributed by atoms with Gasteiger partial charge in [0.2, 0.25) is 0 Å². The summed E-state index contributed by atoms with van der Waals surface area (Å²) in [5, 5.41) is 0. The van der Waals surface area contributed by atoms with Crippen LogP contribution < -0.4 is 10.6 Å². The Morgan fingerprint density at radius 2 is 1.48 bits per heavy atom. The Morgan fingerprint density at radius 3 is 2.10 bits per heavy atom. The lowest BCUT2D eigenvalue weighted by molar-refractivity contribution is 0.167. The van der Waals surface area contributed by atoms with E-state index in [1.807, 2.05) is 6.20 Å². The SMILES string of the molecule is NC(c1ccc(-c2ccc(N3CCN(C4CC4)CC3)nc2)cc1)N1CCCCC1. The molecule has 3 fully saturated rings. The normalized spacial score (nSPS) is 22.6. The maximum absolute atomic E-state index is 6.50. The third-order valence-electron chi connectivity index (χ3n) is 6.82. The highest BCUT2D eigenvalue weighted by atomic mass is 15.3. The van der Waals surface area contributed by atoms with E-state index in [2.05, 4.69) is 51.1 Å². The highest BCUT2D eigenvalue weighted by molar-refractivity contribution is 5.64. The molecule has 1 aliphatic carbocycles. The average molecular weight is 392 g/mol. The van der Waals surface area contributed by atoms with E-state index >= 15 is 0 Å². The van der Waals surface area contributed by atoms with Crippen LogP contribution in [0.25, 0.3) is 11.1 Å². The number of rotatable bonds is 5. The van der Waals surface area contributed by atoms with Crippen LogP contribution in [0.4, 0.5) is 5.82 Å². The summed E-state index contributed by atoms with van der Waals surface area (Å²) in [5.41, 5.74) is 10.1. The number of aromatic nitrogens is 1. The Morgan fingerprint density at radius 1 is 0.793 bits per heavy atom. The maximum Gasteiger partial charge on any atom is 0.128 e. The standard InChI is InChI=1S/C24H33N5/c25-24(29-12-2-1-3-13-29)20-6-4-19(5-7-20)21-8-11-23(26-18-21)28-16-14-27(15-17-28)22-9-10-22/h4-8,11,18,22,24H,1-3,9-10,12-17,25H2.